The molecule has 4 nitrogen and oxygen atoms in total. The van der Waals surface area contributed by atoms with Gasteiger partial charge in [-0.05, 0) is 46.9 Å². The Kier molecular flexibility index (Phi) is 4.51. The number of carbonyl (C=O) groups is 1. The summed E-state index contributed by atoms with van der Waals surface area (Å²) in [6.07, 6.45) is 1.51. The van der Waals surface area contributed by atoms with Crippen LogP contribution in [0.5, 0.6) is 0 Å². The lowest BCUT2D eigenvalue weighted by molar-refractivity contribution is 0.0696. The molecule has 96 valence electrons. The van der Waals surface area contributed by atoms with E-state index in [-0.39, 0.29) is 5.56 Å². The molecule has 0 aliphatic heterocycles. The van der Waals surface area contributed by atoms with Crippen molar-refractivity contribution in [1.29, 1.82) is 0 Å². The van der Waals surface area contributed by atoms with Crippen molar-refractivity contribution in [1.82, 2.24) is 0 Å². The first-order valence-electron chi connectivity index (χ1n) is 5.54. The molecular formula is C14H11IN2O2. The van der Waals surface area contributed by atoms with Gasteiger partial charge in [0.2, 0.25) is 0 Å². The minimum Gasteiger partial charge on any atom is -0.478 e. The van der Waals surface area contributed by atoms with E-state index in [1.807, 2.05) is 36.4 Å². The maximum Gasteiger partial charge on any atom is 0.336 e. The summed E-state index contributed by atoms with van der Waals surface area (Å²) in [5.41, 5.74) is 4.50. The monoisotopic (exact) mass is 366 g/mol. The maximum atomic E-state index is 11.1. The largest absolute Gasteiger partial charge is 0.478 e. The van der Waals surface area contributed by atoms with Crippen LogP contribution in [0.15, 0.2) is 53.6 Å². The van der Waals surface area contributed by atoms with Crippen LogP contribution in [0.25, 0.3) is 0 Å². The fourth-order valence-corrected chi connectivity index (χ4v) is 2.01. The van der Waals surface area contributed by atoms with E-state index in [1.54, 1.807) is 12.1 Å². The van der Waals surface area contributed by atoms with E-state index >= 15 is 0 Å². The highest BCUT2D eigenvalue weighted by atomic mass is 127. The predicted molar refractivity (Wildman–Crippen MR) is 83.8 cm³/mol. The summed E-state index contributed by atoms with van der Waals surface area (Å²) in [7, 11) is 0. The average molecular weight is 366 g/mol. The molecule has 19 heavy (non-hydrogen) atoms. The second kappa shape index (κ2) is 6.33. The van der Waals surface area contributed by atoms with Crippen LogP contribution in [0.4, 0.5) is 5.69 Å². The second-order valence-electron chi connectivity index (χ2n) is 3.77. The third-order valence-electron chi connectivity index (χ3n) is 2.42. The van der Waals surface area contributed by atoms with Gasteiger partial charge in [0.1, 0.15) is 0 Å². The number of aromatic carboxylic acids is 1. The van der Waals surface area contributed by atoms with E-state index < -0.39 is 5.97 Å². The molecule has 0 radical (unpaired) electrons. The zero-order chi connectivity index (χ0) is 13.7. The quantitative estimate of drug-likeness (QED) is 0.495. The van der Waals surface area contributed by atoms with Gasteiger partial charge >= 0.3 is 5.97 Å². The van der Waals surface area contributed by atoms with Crippen molar-refractivity contribution in [2.45, 2.75) is 0 Å². The zero-order valence-corrected chi connectivity index (χ0v) is 12.0. The highest BCUT2D eigenvalue weighted by Gasteiger charge is 2.08. The molecule has 0 atom stereocenters. The third kappa shape index (κ3) is 3.78. The number of para-hydroxylation sites is 1. The van der Waals surface area contributed by atoms with Gasteiger partial charge < -0.3 is 5.11 Å². The lowest BCUT2D eigenvalue weighted by atomic mass is 10.1. The highest BCUT2D eigenvalue weighted by Crippen LogP contribution is 2.13. The Balaban J connectivity index is 2.17. The summed E-state index contributed by atoms with van der Waals surface area (Å²) in [5.74, 6) is -0.959. The van der Waals surface area contributed by atoms with E-state index in [0.717, 1.165) is 9.26 Å². The lowest BCUT2D eigenvalue weighted by Gasteiger charge is -2.02. The molecule has 2 aromatic carbocycles. The zero-order valence-electron chi connectivity index (χ0n) is 9.88. The van der Waals surface area contributed by atoms with Gasteiger partial charge in [-0.15, -0.1) is 0 Å². The SMILES string of the molecule is O=C(O)c1cc(I)ccc1C=NNc1ccccc1. The molecule has 5 heteroatoms. The molecule has 0 aromatic heterocycles. The Labute approximate surface area is 124 Å². The summed E-state index contributed by atoms with van der Waals surface area (Å²) in [5, 5.41) is 13.2. The van der Waals surface area contributed by atoms with Gasteiger partial charge in [-0.2, -0.15) is 5.10 Å². The summed E-state index contributed by atoms with van der Waals surface area (Å²) >= 11 is 2.08. The van der Waals surface area contributed by atoms with Crippen molar-refractivity contribution >= 4 is 40.5 Å². The standard InChI is InChI=1S/C14H11IN2O2/c15-11-7-6-10(13(8-11)14(18)19)9-16-17-12-4-2-1-3-5-12/h1-9,17H,(H,18,19). The van der Waals surface area contributed by atoms with E-state index in [2.05, 4.69) is 33.1 Å². The molecular weight excluding hydrogens is 355 g/mol. The number of hydrogen-bond acceptors (Lipinski definition) is 3. The second-order valence-corrected chi connectivity index (χ2v) is 5.02. The number of nitrogens with zero attached hydrogens (tertiary/aromatic N) is 1. The van der Waals surface area contributed by atoms with E-state index in [4.69, 9.17) is 5.11 Å². The van der Waals surface area contributed by atoms with Crippen LogP contribution < -0.4 is 5.43 Å². The summed E-state index contributed by atoms with van der Waals surface area (Å²) in [6.45, 7) is 0. The molecule has 0 bridgehead atoms. The van der Waals surface area contributed by atoms with Crippen LogP contribution in [0.3, 0.4) is 0 Å². The molecule has 0 fully saturated rings. The molecule has 2 aromatic rings. The number of rotatable bonds is 4. The summed E-state index contributed by atoms with van der Waals surface area (Å²) < 4.78 is 0.878. The molecule has 2 rings (SSSR count). The number of nitrogens with one attached hydrogen (secondary N) is 1. The fourth-order valence-electron chi connectivity index (χ4n) is 1.52. The number of anilines is 1. The first-order chi connectivity index (χ1) is 9.16. The summed E-state index contributed by atoms with van der Waals surface area (Å²) in [4.78, 5) is 11.1. The van der Waals surface area contributed by atoms with Crippen LogP contribution in [0.2, 0.25) is 0 Å². The fraction of sp³-hybridized carbons (Fsp3) is 0. The van der Waals surface area contributed by atoms with Crippen molar-refractivity contribution < 1.29 is 9.90 Å². The molecule has 2 N–H and O–H groups in total. The van der Waals surface area contributed by atoms with Gasteiger partial charge in [-0.3, -0.25) is 5.43 Å². The molecule has 0 saturated heterocycles. The van der Waals surface area contributed by atoms with Crippen LogP contribution in [-0.2, 0) is 0 Å². The van der Waals surface area contributed by atoms with E-state index in [0.29, 0.717) is 5.56 Å². The minimum atomic E-state index is -0.959. The summed E-state index contributed by atoms with van der Waals surface area (Å²) in [6, 6.07) is 14.7. The molecule has 0 heterocycles. The Morgan fingerprint density at radius 3 is 2.63 bits per heavy atom. The van der Waals surface area contributed by atoms with Gasteiger partial charge in [0.25, 0.3) is 0 Å². The Bertz CT molecular complexity index is 612. The van der Waals surface area contributed by atoms with E-state index in [9.17, 15) is 4.79 Å². The number of hydrogen-bond donors (Lipinski definition) is 2. The number of carboxylic acids is 1. The lowest BCUT2D eigenvalue weighted by Crippen LogP contribution is -2.03. The topological polar surface area (TPSA) is 61.7 Å². The van der Waals surface area contributed by atoms with Gasteiger partial charge in [-0.25, -0.2) is 4.79 Å². The molecule has 0 aliphatic carbocycles. The number of hydrazone groups is 1. The first-order valence-corrected chi connectivity index (χ1v) is 6.61. The number of benzene rings is 2. The molecule has 0 amide bonds. The smallest absolute Gasteiger partial charge is 0.336 e. The van der Waals surface area contributed by atoms with Crippen molar-refractivity contribution in [2.24, 2.45) is 5.10 Å². The molecule has 0 unspecified atom stereocenters. The van der Waals surface area contributed by atoms with Crippen molar-refractivity contribution in [3.63, 3.8) is 0 Å². The van der Waals surface area contributed by atoms with E-state index in [1.165, 1.54) is 6.21 Å². The van der Waals surface area contributed by atoms with Crippen molar-refractivity contribution in [3.05, 3.63) is 63.2 Å². The molecule has 0 spiro atoms. The van der Waals surface area contributed by atoms with Crippen LogP contribution in [-0.4, -0.2) is 17.3 Å². The van der Waals surface area contributed by atoms with Gasteiger partial charge in [0.05, 0.1) is 17.5 Å². The maximum absolute atomic E-state index is 11.1. The first kappa shape index (κ1) is 13.5. The van der Waals surface area contributed by atoms with Crippen LogP contribution >= 0.6 is 22.6 Å². The normalized spacial score (nSPS) is 10.6. The molecule has 0 saturated carbocycles. The third-order valence-corrected chi connectivity index (χ3v) is 3.09. The number of halogens is 1. The highest BCUT2D eigenvalue weighted by molar-refractivity contribution is 14.1. The predicted octanol–water partition coefficient (Wildman–Crippen LogP) is 3.44. The average Bonchev–Trinajstić information content (AvgIpc) is 2.41. The Hall–Kier alpha value is -1.89. The van der Waals surface area contributed by atoms with Gasteiger partial charge in [0.15, 0.2) is 0 Å². The van der Waals surface area contributed by atoms with Gasteiger partial charge in [0, 0.05) is 9.13 Å². The van der Waals surface area contributed by atoms with Gasteiger partial charge in [-0.1, -0.05) is 24.3 Å². The van der Waals surface area contributed by atoms with Crippen molar-refractivity contribution in [3.8, 4) is 0 Å². The Morgan fingerprint density at radius 1 is 1.21 bits per heavy atom. The molecule has 0 aliphatic rings. The Morgan fingerprint density at radius 2 is 1.95 bits per heavy atom. The number of carboxylic acid groups (broad SMARTS) is 1. The van der Waals surface area contributed by atoms with Crippen LogP contribution in [0.1, 0.15) is 15.9 Å². The van der Waals surface area contributed by atoms with Crippen LogP contribution in [0, 0.1) is 3.57 Å². The minimum absolute atomic E-state index is 0.241. The van der Waals surface area contributed by atoms with Crippen molar-refractivity contribution in [2.75, 3.05) is 5.43 Å².